The first-order chi connectivity index (χ1) is 16.1. The first-order valence-corrected chi connectivity index (χ1v) is 10.2. The van der Waals surface area contributed by atoms with Gasteiger partial charge in [0.25, 0.3) is 0 Å². The highest BCUT2D eigenvalue weighted by Gasteiger charge is 2.43. The van der Waals surface area contributed by atoms with Crippen LogP contribution in [-0.2, 0) is 21.9 Å². The molecule has 0 aliphatic heterocycles. The van der Waals surface area contributed by atoms with E-state index in [4.69, 9.17) is 4.74 Å². The fourth-order valence-corrected chi connectivity index (χ4v) is 3.41. The molecule has 3 aromatic rings. The van der Waals surface area contributed by atoms with Gasteiger partial charge in [-0.15, -0.1) is 0 Å². The molecule has 0 aliphatic rings. The van der Waals surface area contributed by atoms with Crippen molar-refractivity contribution in [2.75, 3.05) is 19.4 Å². The summed E-state index contributed by atoms with van der Waals surface area (Å²) in [5, 5.41) is 2.54. The maximum atomic E-state index is 13.8. The molecule has 2 amide bonds. The number of aromatic nitrogens is 1. The monoisotopic (exact) mass is 501 g/mol. The van der Waals surface area contributed by atoms with Crippen molar-refractivity contribution in [3.63, 3.8) is 0 Å². The van der Waals surface area contributed by atoms with E-state index in [-0.39, 0.29) is 23.8 Å². The number of ether oxygens (including phenoxy) is 1. The molecule has 0 spiro atoms. The number of hydrogen-bond acceptors (Lipinski definition) is 3. The van der Waals surface area contributed by atoms with E-state index in [1.165, 1.54) is 26.2 Å². The van der Waals surface area contributed by atoms with Gasteiger partial charge in [0.2, 0.25) is 0 Å². The van der Waals surface area contributed by atoms with E-state index >= 15 is 0 Å². The summed E-state index contributed by atoms with van der Waals surface area (Å²) in [6, 6.07) is 4.68. The second-order valence-electron chi connectivity index (χ2n) is 8.26. The maximum absolute atomic E-state index is 13.8. The second kappa shape index (κ2) is 9.16. The zero-order valence-corrected chi connectivity index (χ0v) is 19.0. The van der Waals surface area contributed by atoms with Crippen LogP contribution in [0, 0.1) is 0 Å². The van der Waals surface area contributed by atoms with Crippen molar-refractivity contribution < 1.29 is 40.7 Å². The minimum absolute atomic E-state index is 0.131. The maximum Gasteiger partial charge on any atom is 0.420 e. The number of carbonyl (C=O) groups excluding carboxylic acids is 2. The van der Waals surface area contributed by atoms with Crippen molar-refractivity contribution in [2.24, 2.45) is 0 Å². The molecule has 1 heterocycles. The van der Waals surface area contributed by atoms with Crippen LogP contribution in [0.25, 0.3) is 10.9 Å². The molecular formula is C23H21F6N3O3. The van der Waals surface area contributed by atoms with Gasteiger partial charge in [-0.1, -0.05) is 13.8 Å². The van der Waals surface area contributed by atoms with Crippen molar-refractivity contribution in [3.05, 3.63) is 53.2 Å². The number of hydrogen-bond donors (Lipinski definition) is 2. The number of H-pyrrole nitrogens is 1. The number of anilines is 1. The third kappa shape index (κ3) is 5.52. The molecule has 6 nitrogen and oxygen atoms in total. The van der Waals surface area contributed by atoms with E-state index in [2.05, 4.69) is 4.98 Å². The van der Waals surface area contributed by atoms with Gasteiger partial charge in [-0.2, -0.15) is 26.3 Å². The van der Waals surface area contributed by atoms with Gasteiger partial charge in [0.15, 0.2) is 5.75 Å². The number of benzene rings is 2. The van der Waals surface area contributed by atoms with Crippen LogP contribution < -0.4 is 10.1 Å². The molecule has 3 rings (SSSR count). The number of rotatable bonds is 4. The molecule has 12 heteroatoms. The fraction of sp³-hybridized carbons (Fsp3) is 0.304. The first-order valence-electron chi connectivity index (χ1n) is 10.2. The predicted molar refractivity (Wildman–Crippen MR) is 116 cm³/mol. The summed E-state index contributed by atoms with van der Waals surface area (Å²) in [6.07, 6.45) is -8.85. The van der Waals surface area contributed by atoms with Gasteiger partial charge in [-0.05, 0) is 35.7 Å². The number of aromatic amines is 1. The molecule has 0 saturated carbocycles. The third-order valence-corrected chi connectivity index (χ3v) is 5.09. The first kappa shape index (κ1) is 25.9. The van der Waals surface area contributed by atoms with E-state index in [0.29, 0.717) is 5.52 Å². The summed E-state index contributed by atoms with van der Waals surface area (Å²) in [7, 11) is 2.40. The van der Waals surface area contributed by atoms with Gasteiger partial charge >= 0.3 is 24.2 Å². The molecule has 0 radical (unpaired) electrons. The van der Waals surface area contributed by atoms with Crippen LogP contribution in [0.4, 0.5) is 32.0 Å². The Bertz CT molecular complexity index is 1240. The standard InChI is InChI=1S/C23H21F6N3O3/c1-11(2)15-10-30-18-9-13(5-6-14(15)18)35-19-16(22(24,25)26)7-12(8-17(19)23(27,28)29)31-20(33)21(34)32(3)4/h5-11,30H,1-4H3,(H,31,33). The smallest absolute Gasteiger partial charge is 0.420 e. The van der Waals surface area contributed by atoms with Crippen molar-refractivity contribution in [1.29, 1.82) is 0 Å². The number of nitrogens with one attached hydrogen (secondary N) is 2. The van der Waals surface area contributed by atoms with Crippen LogP contribution in [0.1, 0.15) is 36.5 Å². The Kier molecular flexibility index (Phi) is 6.78. The molecule has 1 aromatic heterocycles. The Morgan fingerprint density at radius 1 is 0.971 bits per heavy atom. The highest BCUT2D eigenvalue weighted by atomic mass is 19.4. The van der Waals surface area contributed by atoms with Crippen LogP contribution in [0.5, 0.6) is 11.5 Å². The average molecular weight is 501 g/mol. The molecule has 2 aromatic carbocycles. The van der Waals surface area contributed by atoms with E-state index in [0.717, 1.165) is 15.8 Å². The molecule has 0 unspecified atom stereocenters. The number of carbonyl (C=O) groups is 2. The molecule has 0 saturated heterocycles. The van der Waals surface area contributed by atoms with Gasteiger partial charge in [-0.25, -0.2) is 0 Å². The number of alkyl halides is 6. The van der Waals surface area contributed by atoms with Crippen molar-refractivity contribution in [2.45, 2.75) is 32.1 Å². The third-order valence-electron chi connectivity index (χ3n) is 5.09. The predicted octanol–water partition coefficient (Wildman–Crippen LogP) is 6.15. The van der Waals surface area contributed by atoms with Gasteiger partial charge in [0.05, 0.1) is 0 Å². The van der Waals surface area contributed by atoms with Crippen LogP contribution in [0.2, 0.25) is 0 Å². The summed E-state index contributed by atoms with van der Waals surface area (Å²) in [6.45, 7) is 3.87. The van der Waals surface area contributed by atoms with Crippen molar-refractivity contribution in [3.8, 4) is 11.5 Å². The summed E-state index contributed by atoms with van der Waals surface area (Å²) >= 11 is 0. The quantitative estimate of drug-likeness (QED) is 0.333. The summed E-state index contributed by atoms with van der Waals surface area (Å²) in [5.41, 5.74) is -3.01. The molecule has 0 bridgehead atoms. The minimum Gasteiger partial charge on any atom is -0.456 e. The molecule has 188 valence electrons. The Morgan fingerprint density at radius 3 is 2.03 bits per heavy atom. The second-order valence-corrected chi connectivity index (χ2v) is 8.26. The van der Waals surface area contributed by atoms with Crippen molar-refractivity contribution >= 4 is 28.4 Å². The highest BCUT2D eigenvalue weighted by Crippen LogP contribution is 2.47. The molecule has 2 N–H and O–H groups in total. The van der Waals surface area contributed by atoms with Gasteiger partial charge in [0.1, 0.15) is 16.9 Å². The highest BCUT2D eigenvalue weighted by molar-refractivity contribution is 6.39. The van der Waals surface area contributed by atoms with E-state index in [9.17, 15) is 35.9 Å². The Hall–Kier alpha value is -3.70. The summed E-state index contributed by atoms with van der Waals surface area (Å²) < 4.78 is 88.1. The van der Waals surface area contributed by atoms with Crippen LogP contribution in [0.3, 0.4) is 0 Å². The number of likely N-dealkylation sites (N-methyl/N-ethyl adjacent to an activating group) is 1. The number of nitrogens with zero attached hydrogens (tertiary/aromatic N) is 1. The largest absolute Gasteiger partial charge is 0.456 e. The molecule has 0 aliphatic carbocycles. The van der Waals surface area contributed by atoms with Gasteiger partial charge < -0.3 is 19.9 Å². The van der Waals surface area contributed by atoms with E-state index < -0.39 is 46.7 Å². The topological polar surface area (TPSA) is 74.4 Å². The summed E-state index contributed by atoms with van der Waals surface area (Å²) in [5.74, 6) is -4.16. The number of halogens is 6. The zero-order chi connectivity index (χ0) is 26.3. The lowest BCUT2D eigenvalue weighted by Gasteiger charge is -2.21. The Labute approximate surface area is 195 Å². The van der Waals surface area contributed by atoms with Gasteiger partial charge in [-0.3, -0.25) is 9.59 Å². The molecule has 0 atom stereocenters. The number of fused-ring (bicyclic) bond motifs is 1. The lowest BCUT2D eigenvalue weighted by molar-refractivity contribution is -0.145. The Morgan fingerprint density at radius 2 is 1.54 bits per heavy atom. The normalized spacial score (nSPS) is 12.2. The molecular weight excluding hydrogens is 480 g/mol. The van der Waals surface area contributed by atoms with Gasteiger partial charge in [0, 0.05) is 42.9 Å². The van der Waals surface area contributed by atoms with E-state index in [1.54, 1.807) is 17.6 Å². The number of amides is 2. The average Bonchev–Trinajstić information content (AvgIpc) is 3.15. The molecule has 35 heavy (non-hydrogen) atoms. The molecule has 0 fully saturated rings. The minimum atomic E-state index is -5.27. The lowest BCUT2D eigenvalue weighted by atomic mass is 10.0. The lowest BCUT2D eigenvalue weighted by Crippen LogP contribution is -2.34. The summed E-state index contributed by atoms with van der Waals surface area (Å²) in [4.78, 5) is 27.4. The fourth-order valence-electron chi connectivity index (χ4n) is 3.41. The van der Waals surface area contributed by atoms with Crippen LogP contribution in [-0.4, -0.2) is 35.8 Å². The van der Waals surface area contributed by atoms with E-state index in [1.807, 2.05) is 13.8 Å². The Balaban J connectivity index is 2.13. The zero-order valence-electron chi connectivity index (χ0n) is 19.0. The SMILES string of the molecule is CC(C)c1c[nH]c2cc(Oc3c(C(F)(F)F)cc(NC(=O)C(=O)N(C)C)cc3C(F)(F)F)ccc12. The van der Waals surface area contributed by atoms with Crippen LogP contribution in [0.15, 0.2) is 36.5 Å². The van der Waals surface area contributed by atoms with Crippen LogP contribution >= 0.6 is 0 Å². The van der Waals surface area contributed by atoms with Crippen molar-refractivity contribution in [1.82, 2.24) is 9.88 Å².